The highest BCUT2D eigenvalue weighted by Gasteiger charge is 2.28. The van der Waals surface area contributed by atoms with Crippen LogP contribution in [0.15, 0.2) is 52.0 Å². The zero-order valence-corrected chi connectivity index (χ0v) is 19.6. The van der Waals surface area contributed by atoms with E-state index in [4.69, 9.17) is 20.8 Å². The largest absolute Gasteiger partial charge is 0.495 e. The molecule has 0 spiro atoms. The maximum absolute atomic E-state index is 13.0. The third-order valence-corrected chi connectivity index (χ3v) is 5.90. The van der Waals surface area contributed by atoms with Gasteiger partial charge in [-0.25, -0.2) is 5.43 Å². The Labute approximate surface area is 205 Å². The third kappa shape index (κ3) is 4.87. The molecule has 3 aromatic rings. The van der Waals surface area contributed by atoms with Crippen LogP contribution < -0.4 is 15.5 Å². The lowest BCUT2D eigenvalue weighted by Gasteiger charge is -2.13. The number of hydrogen-bond donors (Lipinski definition) is 2. The van der Waals surface area contributed by atoms with Crippen molar-refractivity contribution >= 4 is 40.5 Å². The molecule has 0 atom stereocenters. The van der Waals surface area contributed by atoms with E-state index in [0.29, 0.717) is 53.3 Å². The second-order valence-electron chi connectivity index (χ2n) is 7.79. The molecule has 1 aliphatic carbocycles. The van der Waals surface area contributed by atoms with Crippen LogP contribution in [0.2, 0.25) is 5.02 Å². The number of methoxy groups -OCH3 is 1. The Balaban J connectivity index is 1.57. The Bertz CT molecular complexity index is 1360. The molecular weight excluding hydrogens is 476 g/mol. The number of nitro groups is 1. The number of ether oxygens (including phenoxy) is 1. The number of amides is 2. The van der Waals surface area contributed by atoms with Gasteiger partial charge in [-0.05, 0) is 44.0 Å². The van der Waals surface area contributed by atoms with Crippen molar-refractivity contribution in [1.82, 2.24) is 5.43 Å². The van der Waals surface area contributed by atoms with Gasteiger partial charge in [0, 0.05) is 29.2 Å². The maximum Gasteiger partial charge on any atom is 0.291 e. The van der Waals surface area contributed by atoms with Crippen molar-refractivity contribution in [2.45, 2.75) is 26.2 Å². The second kappa shape index (κ2) is 9.98. The summed E-state index contributed by atoms with van der Waals surface area (Å²) in [6.45, 7) is 1.75. The number of nitro benzene ring substituents is 1. The van der Waals surface area contributed by atoms with Crippen molar-refractivity contribution in [3.8, 4) is 5.75 Å². The van der Waals surface area contributed by atoms with Gasteiger partial charge in [0.25, 0.3) is 17.5 Å². The summed E-state index contributed by atoms with van der Waals surface area (Å²) < 4.78 is 11.2. The van der Waals surface area contributed by atoms with Gasteiger partial charge < -0.3 is 14.5 Å². The van der Waals surface area contributed by atoms with Gasteiger partial charge in [-0.2, -0.15) is 5.10 Å². The van der Waals surface area contributed by atoms with E-state index in [9.17, 15) is 19.7 Å². The van der Waals surface area contributed by atoms with E-state index in [1.54, 1.807) is 31.2 Å². The van der Waals surface area contributed by atoms with Crippen molar-refractivity contribution in [2.75, 3.05) is 12.4 Å². The monoisotopic (exact) mass is 496 g/mol. The van der Waals surface area contributed by atoms with E-state index in [-0.39, 0.29) is 22.0 Å². The second-order valence-corrected chi connectivity index (χ2v) is 8.19. The molecule has 1 heterocycles. The molecule has 0 saturated heterocycles. The van der Waals surface area contributed by atoms with Gasteiger partial charge in [-0.1, -0.05) is 23.7 Å². The molecule has 10 nitrogen and oxygen atoms in total. The zero-order valence-electron chi connectivity index (χ0n) is 18.9. The molecule has 1 aliphatic rings. The molecule has 180 valence electrons. The lowest BCUT2D eigenvalue weighted by atomic mass is 9.93. The van der Waals surface area contributed by atoms with Crippen LogP contribution in [0.5, 0.6) is 5.75 Å². The predicted octanol–water partition coefficient (Wildman–Crippen LogP) is 4.88. The Morgan fingerprint density at radius 1 is 1.17 bits per heavy atom. The highest BCUT2D eigenvalue weighted by atomic mass is 35.5. The standard InChI is InChI=1S/C24H21ClN4O6/c1-13-21-17(27-28-23(30)14-10-11-15(25)18(12-14)29(32)33)7-5-9-20(21)35-22(13)24(31)26-16-6-3-4-8-19(16)34-2/h3-4,6,8,10-12H,5,7,9H2,1-2H3,(H,26,31)(H,28,30)/b27-17+. The van der Waals surface area contributed by atoms with Crippen LogP contribution in [-0.4, -0.2) is 29.6 Å². The average molecular weight is 497 g/mol. The number of rotatable bonds is 6. The Morgan fingerprint density at radius 2 is 1.94 bits per heavy atom. The number of carbonyl (C=O) groups is 2. The van der Waals surface area contributed by atoms with E-state index >= 15 is 0 Å². The topological polar surface area (TPSA) is 136 Å². The number of halogens is 1. The summed E-state index contributed by atoms with van der Waals surface area (Å²) in [5.41, 5.74) is 4.44. The van der Waals surface area contributed by atoms with Crippen LogP contribution >= 0.6 is 11.6 Å². The SMILES string of the molecule is COc1ccccc1NC(=O)c1oc2c(c1C)/C(=N/NC(=O)c1ccc(Cl)c([N+](=O)[O-])c1)CCC2. The lowest BCUT2D eigenvalue weighted by molar-refractivity contribution is -0.384. The number of para-hydroxylation sites is 2. The fraction of sp³-hybridized carbons (Fsp3) is 0.208. The van der Waals surface area contributed by atoms with E-state index in [0.717, 1.165) is 6.07 Å². The quantitative estimate of drug-likeness (QED) is 0.368. The molecule has 0 fully saturated rings. The highest BCUT2D eigenvalue weighted by molar-refractivity contribution is 6.32. The number of nitrogens with one attached hydrogen (secondary N) is 2. The van der Waals surface area contributed by atoms with Gasteiger partial charge in [0.05, 0.1) is 23.4 Å². The number of anilines is 1. The Morgan fingerprint density at radius 3 is 2.69 bits per heavy atom. The van der Waals surface area contributed by atoms with Gasteiger partial charge in [0.1, 0.15) is 16.5 Å². The smallest absolute Gasteiger partial charge is 0.291 e. The molecule has 2 amide bonds. The van der Waals surface area contributed by atoms with Crippen molar-refractivity contribution in [3.63, 3.8) is 0 Å². The molecule has 0 radical (unpaired) electrons. The molecule has 0 saturated carbocycles. The molecule has 0 bridgehead atoms. The van der Waals surface area contributed by atoms with Gasteiger partial charge in [0.2, 0.25) is 0 Å². The van der Waals surface area contributed by atoms with E-state index in [2.05, 4.69) is 15.8 Å². The van der Waals surface area contributed by atoms with Crippen LogP contribution in [0.1, 0.15) is 50.6 Å². The first-order valence-corrected chi connectivity index (χ1v) is 11.1. The number of aryl methyl sites for hydroxylation is 1. The number of hydrazone groups is 1. The van der Waals surface area contributed by atoms with E-state index in [1.165, 1.54) is 19.2 Å². The van der Waals surface area contributed by atoms with Crippen LogP contribution in [-0.2, 0) is 6.42 Å². The molecule has 2 aromatic carbocycles. The zero-order chi connectivity index (χ0) is 25.1. The molecule has 4 rings (SSSR count). The molecule has 35 heavy (non-hydrogen) atoms. The number of benzene rings is 2. The molecular formula is C24H21ClN4O6. The minimum Gasteiger partial charge on any atom is -0.495 e. The predicted molar refractivity (Wildman–Crippen MR) is 129 cm³/mol. The van der Waals surface area contributed by atoms with Crippen LogP contribution in [0.25, 0.3) is 0 Å². The first-order chi connectivity index (χ1) is 16.8. The number of hydrogen-bond acceptors (Lipinski definition) is 7. The van der Waals surface area contributed by atoms with Crippen LogP contribution in [0.3, 0.4) is 0 Å². The van der Waals surface area contributed by atoms with Crippen molar-refractivity contribution < 1.29 is 23.7 Å². The van der Waals surface area contributed by atoms with Crippen molar-refractivity contribution in [1.29, 1.82) is 0 Å². The summed E-state index contributed by atoms with van der Waals surface area (Å²) >= 11 is 5.81. The first kappa shape index (κ1) is 24.0. The normalized spacial score (nSPS) is 13.7. The van der Waals surface area contributed by atoms with Gasteiger partial charge in [0.15, 0.2) is 5.76 Å². The summed E-state index contributed by atoms with van der Waals surface area (Å²) in [6, 6.07) is 10.8. The number of furan rings is 1. The number of fused-ring (bicyclic) bond motifs is 1. The molecule has 2 N–H and O–H groups in total. The van der Waals surface area contributed by atoms with Crippen LogP contribution in [0, 0.1) is 17.0 Å². The lowest BCUT2D eigenvalue weighted by Crippen LogP contribution is -2.22. The number of nitrogens with zero attached hydrogens (tertiary/aromatic N) is 2. The molecule has 11 heteroatoms. The number of carbonyl (C=O) groups excluding carboxylic acids is 2. The van der Waals surface area contributed by atoms with Crippen LogP contribution in [0.4, 0.5) is 11.4 Å². The molecule has 0 unspecified atom stereocenters. The fourth-order valence-corrected chi connectivity index (χ4v) is 4.09. The summed E-state index contributed by atoms with van der Waals surface area (Å²) in [4.78, 5) is 36.0. The third-order valence-electron chi connectivity index (χ3n) is 5.58. The minimum atomic E-state index is -0.662. The maximum atomic E-state index is 13.0. The van der Waals surface area contributed by atoms with Crippen molar-refractivity contribution in [2.24, 2.45) is 5.10 Å². The van der Waals surface area contributed by atoms with Gasteiger partial charge in [-0.3, -0.25) is 19.7 Å². The molecule has 0 aliphatic heterocycles. The van der Waals surface area contributed by atoms with E-state index < -0.39 is 16.7 Å². The Kier molecular flexibility index (Phi) is 6.83. The summed E-state index contributed by atoms with van der Waals surface area (Å²) in [5.74, 6) is 0.212. The van der Waals surface area contributed by atoms with Gasteiger partial charge in [-0.15, -0.1) is 0 Å². The summed E-state index contributed by atoms with van der Waals surface area (Å²) in [5, 5.41) is 18.1. The first-order valence-electron chi connectivity index (χ1n) is 10.7. The fourth-order valence-electron chi connectivity index (χ4n) is 3.90. The summed E-state index contributed by atoms with van der Waals surface area (Å²) in [6.07, 6.45) is 1.89. The van der Waals surface area contributed by atoms with E-state index in [1.807, 2.05) is 0 Å². The highest BCUT2D eigenvalue weighted by Crippen LogP contribution is 2.31. The Hall–Kier alpha value is -4.18. The van der Waals surface area contributed by atoms with Gasteiger partial charge >= 0.3 is 0 Å². The average Bonchev–Trinajstić information content (AvgIpc) is 3.20. The summed E-state index contributed by atoms with van der Waals surface area (Å²) in [7, 11) is 1.51. The van der Waals surface area contributed by atoms with Crippen molar-refractivity contribution in [3.05, 3.63) is 85.8 Å². The molecule has 1 aromatic heterocycles. The minimum absolute atomic E-state index is 0.0438.